The summed E-state index contributed by atoms with van der Waals surface area (Å²) < 4.78 is 2.01. The molecule has 0 saturated carbocycles. The van der Waals surface area contributed by atoms with E-state index in [9.17, 15) is 10.1 Å². The quantitative estimate of drug-likeness (QED) is 0.469. The number of hydrogen-bond donors (Lipinski definition) is 3. The predicted molar refractivity (Wildman–Crippen MR) is 122 cm³/mol. The van der Waals surface area contributed by atoms with Gasteiger partial charge in [-0.2, -0.15) is 15.2 Å². The third-order valence-corrected chi connectivity index (χ3v) is 5.24. The third kappa shape index (κ3) is 3.42. The lowest BCUT2D eigenvalue weighted by molar-refractivity contribution is 0.836. The molecular formula is C23H21N7O. The number of nitrogens with one attached hydrogen (secondary N) is 1. The summed E-state index contributed by atoms with van der Waals surface area (Å²) in [5.74, 6) is 0.120. The highest BCUT2D eigenvalue weighted by Gasteiger charge is 2.23. The summed E-state index contributed by atoms with van der Waals surface area (Å²) in [6.07, 6.45) is 0. The third-order valence-electron chi connectivity index (χ3n) is 5.24. The fourth-order valence-electron chi connectivity index (χ4n) is 3.85. The van der Waals surface area contributed by atoms with Gasteiger partial charge in [-0.25, -0.2) is 0 Å². The number of nitrogens with two attached hydrogens (primary N) is 2. The van der Waals surface area contributed by atoms with Crippen molar-refractivity contribution in [1.29, 1.82) is 5.26 Å². The molecule has 2 heterocycles. The fourth-order valence-corrected chi connectivity index (χ4v) is 3.85. The van der Waals surface area contributed by atoms with Crippen LogP contribution in [0.1, 0.15) is 24.1 Å². The van der Waals surface area contributed by atoms with Crippen LogP contribution in [0.25, 0.3) is 22.2 Å². The van der Waals surface area contributed by atoms with E-state index in [1.54, 1.807) is 0 Å². The molecule has 0 amide bonds. The molecule has 0 saturated heterocycles. The van der Waals surface area contributed by atoms with Crippen LogP contribution >= 0.6 is 0 Å². The van der Waals surface area contributed by atoms with E-state index >= 15 is 0 Å². The van der Waals surface area contributed by atoms with E-state index in [1.165, 1.54) is 0 Å². The summed E-state index contributed by atoms with van der Waals surface area (Å²) in [6, 6.07) is 18.7. The number of hydrogen-bond acceptors (Lipinski definition) is 7. The molecule has 0 aliphatic rings. The van der Waals surface area contributed by atoms with Crippen molar-refractivity contribution in [2.24, 2.45) is 7.05 Å². The second-order valence-corrected chi connectivity index (χ2v) is 7.20. The van der Waals surface area contributed by atoms with Gasteiger partial charge in [0.25, 0.3) is 0 Å². The van der Waals surface area contributed by atoms with Crippen molar-refractivity contribution in [2.45, 2.75) is 13.0 Å². The molecule has 0 aliphatic heterocycles. The van der Waals surface area contributed by atoms with E-state index in [1.807, 2.05) is 79.2 Å². The zero-order valence-corrected chi connectivity index (χ0v) is 17.1. The number of pyridine rings is 1. The van der Waals surface area contributed by atoms with Gasteiger partial charge in [0.05, 0.1) is 17.3 Å². The van der Waals surface area contributed by atoms with Crippen molar-refractivity contribution < 1.29 is 0 Å². The lowest BCUT2D eigenvalue weighted by Gasteiger charge is -2.23. The van der Waals surface area contributed by atoms with Gasteiger partial charge in [-0.15, -0.1) is 0 Å². The van der Waals surface area contributed by atoms with Crippen molar-refractivity contribution >= 4 is 28.5 Å². The molecule has 0 spiro atoms. The van der Waals surface area contributed by atoms with Crippen molar-refractivity contribution in [3.63, 3.8) is 0 Å². The molecule has 1 atom stereocenters. The second kappa shape index (κ2) is 7.80. The molecule has 4 aromatic rings. The molecule has 154 valence electrons. The summed E-state index contributed by atoms with van der Waals surface area (Å²) in [4.78, 5) is 21.6. The van der Waals surface area contributed by atoms with Crippen LogP contribution in [0.5, 0.6) is 0 Å². The number of aromatic nitrogens is 3. The zero-order chi connectivity index (χ0) is 22.1. The minimum Gasteiger partial charge on any atom is -0.382 e. The first-order valence-electron chi connectivity index (χ1n) is 9.69. The van der Waals surface area contributed by atoms with Gasteiger partial charge in [-0.05, 0) is 24.6 Å². The average molecular weight is 411 g/mol. The van der Waals surface area contributed by atoms with E-state index in [0.29, 0.717) is 10.9 Å². The number of rotatable bonds is 4. The maximum atomic E-state index is 13.6. The molecule has 8 nitrogen and oxygen atoms in total. The molecule has 0 bridgehead atoms. The van der Waals surface area contributed by atoms with Gasteiger partial charge in [0.1, 0.15) is 17.5 Å². The van der Waals surface area contributed by atoms with Crippen LogP contribution < -0.4 is 22.2 Å². The number of nitrogen functional groups attached to an aromatic ring is 2. The van der Waals surface area contributed by atoms with Gasteiger partial charge >= 0.3 is 0 Å². The normalized spacial score (nSPS) is 11.8. The molecule has 4 rings (SSSR count). The molecule has 31 heavy (non-hydrogen) atoms. The molecule has 2 aromatic heterocycles. The van der Waals surface area contributed by atoms with Crippen LogP contribution in [-0.4, -0.2) is 14.5 Å². The Morgan fingerprint density at radius 3 is 2.45 bits per heavy atom. The Hall–Kier alpha value is -4.38. The van der Waals surface area contributed by atoms with E-state index in [2.05, 4.69) is 15.3 Å². The molecule has 0 aliphatic carbocycles. The van der Waals surface area contributed by atoms with E-state index in [-0.39, 0.29) is 28.6 Å². The van der Waals surface area contributed by atoms with E-state index in [0.717, 1.165) is 16.8 Å². The Labute approximate surface area is 178 Å². The Morgan fingerprint density at radius 1 is 1.06 bits per heavy atom. The SMILES string of the molecule is CC(Nc1nc(N)nc(N)c1C#N)c1c(-c2ccccc2)n(C)c2ccccc2c1=O. The molecule has 1 unspecified atom stereocenters. The Morgan fingerprint density at radius 2 is 1.74 bits per heavy atom. The van der Waals surface area contributed by atoms with Gasteiger partial charge in [-0.3, -0.25) is 4.79 Å². The number of nitriles is 1. The number of benzene rings is 2. The maximum absolute atomic E-state index is 13.6. The van der Waals surface area contributed by atoms with Crippen LogP contribution in [-0.2, 0) is 7.05 Å². The van der Waals surface area contributed by atoms with E-state index in [4.69, 9.17) is 11.5 Å². The fraction of sp³-hybridized carbons (Fsp3) is 0.130. The second-order valence-electron chi connectivity index (χ2n) is 7.20. The van der Waals surface area contributed by atoms with Crippen molar-refractivity contribution in [3.8, 4) is 17.3 Å². The first kappa shape index (κ1) is 19.9. The highest BCUT2D eigenvalue weighted by Crippen LogP contribution is 2.31. The van der Waals surface area contributed by atoms with Crippen LogP contribution in [0.3, 0.4) is 0 Å². The molecular weight excluding hydrogens is 390 g/mol. The van der Waals surface area contributed by atoms with Crippen LogP contribution in [0.2, 0.25) is 0 Å². The minimum atomic E-state index is -0.501. The summed E-state index contributed by atoms with van der Waals surface area (Å²) in [5.41, 5.74) is 14.6. The molecule has 0 radical (unpaired) electrons. The average Bonchev–Trinajstić information content (AvgIpc) is 2.76. The van der Waals surface area contributed by atoms with Crippen molar-refractivity contribution in [3.05, 3.63) is 75.9 Å². The zero-order valence-electron chi connectivity index (χ0n) is 17.1. The number of aryl methyl sites for hydroxylation is 1. The maximum Gasteiger partial charge on any atom is 0.224 e. The number of para-hydroxylation sites is 1. The molecule has 2 aromatic carbocycles. The topological polar surface area (TPSA) is 136 Å². The molecule has 5 N–H and O–H groups in total. The van der Waals surface area contributed by atoms with Crippen LogP contribution in [0, 0.1) is 11.3 Å². The van der Waals surface area contributed by atoms with Gasteiger partial charge in [0.15, 0.2) is 11.2 Å². The van der Waals surface area contributed by atoms with Crippen molar-refractivity contribution in [2.75, 3.05) is 16.8 Å². The number of nitrogens with zero attached hydrogens (tertiary/aromatic N) is 4. The van der Waals surface area contributed by atoms with Crippen LogP contribution in [0.4, 0.5) is 17.6 Å². The van der Waals surface area contributed by atoms with Crippen molar-refractivity contribution in [1.82, 2.24) is 14.5 Å². The van der Waals surface area contributed by atoms with Gasteiger partial charge in [0, 0.05) is 18.0 Å². The first-order chi connectivity index (χ1) is 14.9. The summed E-state index contributed by atoms with van der Waals surface area (Å²) in [7, 11) is 1.93. The Kier molecular flexibility index (Phi) is 5.01. The number of fused-ring (bicyclic) bond motifs is 1. The Balaban J connectivity index is 1.97. The van der Waals surface area contributed by atoms with Gasteiger partial charge in [-0.1, -0.05) is 42.5 Å². The highest BCUT2D eigenvalue weighted by molar-refractivity contribution is 5.85. The van der Waals surface area contributed by atoms with E-state index < -0.39 is 6.04 Å². The molecule has 0 fully saturated rings. The number of anilines is 3. The summed E-state index contributed by atoms with van der Waals surface area (Å²) in [6.45, 7) is 1.84. The summed E-state index contributed by atoms with van der Waals surface area (Å²) in [5, 5.41) is 13.3. The van der Waals surface area contributed by atoms with Gasteiger partial charge < -0.3 is 21.4 Å². The Bertz CT molecular complexity index is 1390. The summed E-state index contributed by atoms with van der Waals surface area (Å²) >= 11 is 0. The molecule has 8 heteroatoms. The van der Waals surface area contributed by atoms with Crippen LogP contribution in [0.15, 0.2) is 59.4 Å². The first-order valence-corrected chi connectivity index (χ1v) is 9.69. The van der Waals surface area contributed by atoms with Gasteiger partial charge in [0.2, 0.25) is 5.95 Å². The highest BCUT2D eigenvalue weighted by atomic mass is 16.1. The lowest BCUT2D eigenvalue weighted by atomic mass is 9.97. The predicted octanol–water partition coefficient (Wildman–Crippen LogP) is 3.20. The smallest absolute Gasteiger partial charge is 0.224 e. The standard InChI is InChI=1S/C23H21N7O/c1-13(27-22-16(12-24)21(25)28-23(26)29-22)18-19(14-8-4-3-5-9-14)30(2)17-11-7-6-10-15(17)20(18)31/h3-11,13H,1-2H3,(H5,25,26,27,28,29). The monoisotopic (exact) mass is 411 g/mol. The largest absolute Gasteiger partial charge is 0.382 e. The lowest BCUT2D eigenvalue weighted by Crippen LogP contribution is -2.23. The minimum absolute atomic E-state index is 0.0144.